The van der Waals surface area contributed by atoms with E-state index in [1.54, 1.807) is 0 Å². The van der Waals surface area contributed by atoms with Crippen LogP contribution in [0.5, 0.6) is 0 Å². The first-order valence-electron chi connectivity index (χ1n) is 7.30. The van der Waals surface area contributed by atoms with Crippen molar-refractivity contribution < 1.29 is 0 Å². The molecule has 0 aliphatic carbocycles. The zero-order chi connectivity index (χ0) is 14.9. The number of nitrogens with two attached hydrogens (primary N) is 1. The van der Waals surface area contributed by atoms with Crippen LogP contribution in [0.1, 0.15) is 26.3 Å². The maximum atomic E-state index is 6.40. The number of piperazine rings is 1. The van der Waals surface area contributed by atoms with E-state index < -0.39 is 0 Å². The Labute approximate surface area is 127 Å². The number of rotatable bonds is 3. The molecule has 112 valence electrons. The number of hydrogen-bond acceptors (Lipinski definition) is 3. The van der Waals surface area contributed by atoms with Gasteiger partial charge in [0, 0.05) is 41.9 Å². The molecular formula is C16H26ClN3. The summed E-state index contributed by atoms with van der Waals surface area (Å²) in [7, 11) is 2.19. The Bertz CT molecular complexity index is 471. The summed E-state index contributed by atoms with van der Waals surface area (Å²) in [6, 6.07) is 6.51. The predicted octanol–water partition coefficient (Wildman–Crippen LogP) is 2.76. The first kappa shape index (κ1) is 15.6. The lowest BCUT2D eigenvalue weighted by atomic mass is 9.99. The zero-order valence-electron chi connectivity index (χ0n) is 13.0. The van der Waals surface area contributed by atoms with Crippen molar-refractivity contribution in [3.8, 4) is 0 Å². The highest BCUT2D eigenvalue weighted by Crippen LogP contribution is 2.28. The Morgan fingerprint density at radius 1 is 1.35 bits per heavy atom. The number of hydrogen-bond donors (Lipinski definition) is 1. The molecule has 1 aliphatic heterocycles. The van der Waals surface area contributed by atoms with Gasteiger partial charge in [0.05, 0.1) is 0 Å². The molecule has 2 rings (SSSR count). The summed E-state index contributed by atoms with van der Waals surface area (Å²) in [4.78, 5) is 4.83. The fourth-order valence-corrected chi connectivity index (χ4v) is 2.96. The summed E-state index contributed by atoms with van der Waals surface area (Å²) in [5.74, 6) is 0. The van der Waals surface area contributed by atoms with E-state index in [1.165, 1.54) is 5.69 Å². The Balaban J connectivity index is 2.16. The summed E-state index contributed by atoms with van der Waals surface area (Å²) >= 11 is 6.40. The van der Waals surface area contributed by atoms with Gasteiger partial charge in [-0.05, 0) is 51.9 Å². The minimum atomic E-state index is 0.140. The monoisotopic (exact) mass is 295 g/mol. The van der Waals surface area contributed by atoms with Crippen molar-refractivity contribution >= 4 is 17.3 Å². The fraction of sp³-hybridized carbons (Fsp3) is 0.625. The molecule has 1 aliphatic rings. The van der Waals surface area contributed by atoms with Gasteiger partial charge in [0.1, 0.15) is 0 Å². The quantitative estimate of drug-likeness (QED) is 0.931. The van der Waals surface area contributed by atoms with Crippen molar-refractivity contribution in [2.45, 2.75) is 38.8 Å². The Kier molecular flexibility index (Phi) is 4.62. The topological polar surface area (TPSA) is 32.5 Å². The third-order valence-corrected chi connectivity index (χ3v) is 4.61. The van der Waals surface area contributed by atoms with Crippen LogP contribution in [-0.4, -0.2) is 43.2 Å². The molecule has 1 atom stereocenters. The molecule has 1 fully saturated rings. The van der Waals surface area contributed by atoms with E-state index >= 15 is 0 Å². The van der Waals surface area contributed by atoms with E-state index in [0.29, 0.717) is 0 Å². The van der Waals surface area contributed by atoms with Crippen molar-refractivity contribution in [3.05, 3.63) is 28.8 Å². The van der Waals surface area contributed by atoms with Crippen LogP contribution >= 0.6 is 11.6 Å². The summed E-state index contributed by atoms with van der Waals surface area (Å²) in [6.45, 7) is 9.71. The first-order valence-corrected chi connectivity index (χ1v) is 7.67. The third kappa shape index (κ3) is 3.46. The standard InChI is InChI=1S/C16H26ClN3/c1-12(18)9-13-5-6-14(10-15(13)17)20-8-7-19(4)16(2,3)11-20/h5-6,10,12H,7-9,11,18H2,1-4H3. The molecule has 0 spiro atoms. The molecule has 0 bridgehead atoms. The van der Waals surface area contributed by atoms with Gasteiger partial charge in [0.2, 0.25) is 0 Å². The van der Waals surface area contributed by atoms with Crippen LogP contribution < -0.4 is 10.6 Å². The highest BCUT2D eigenvalue weighted by molar-refractivity contribution is 6.31. The molecule has 20 heavy (non-hydrogen) atoms. The van der Waals surface area contributed by atoms with E-state index in [0.717, 1.165) is 36.6 Å². The molecule has 4 heteroatoms. The van der Waals surface area contributed by atoms with Gasteiger partial charge in [-0.1, -0.05) is 17.7 Å². The van der Waals surface area contributed by atoms with Gasteiger partial charge < -0.3 is 10.6 Å². The molecule has 1 saturated heterocycles. The number of halogens is 1. The van der Waals surface area contributed by atoms with Gasteiger partial charge in [-0.15, -0.1) is 0 Å². The summed E-state index contributed by atoms with van der Waals surface area (Å²) in [5, 5.41) is 0.830. The van der Waals surface area contributed by atoms with Crippen LogP contribution in [0, 0.1) is 0 Å². The lowest BCUT2D eigenvalue weighted by Crippen LogP contribution is -2.57. The van der Waals surface area contributed by atoms with Crippen LogP contribution in [0.4, 0.5) is 5.69 Å². The van der Waals surface area contributed by atoms with Crippen LogP contribution in [-0.2, 0) is 6.42 Å². The molecule has 1 aromatic rings. The Morgan fingerprint density at radius 2 is 2.05 bits per heavy atom. The minimum absolute atomic E-state index is 0.140. The summed E-state index contributed by atoms with van der Waals surface area (Å²) < 4.78 is 0. The molecule has 3 nitrogen and oxygen atoms in total. The van der Waals surface area contributed by atoms with Crippen LogP contribution in [0.25, 0.3) is 0 Å². The number of anilines is 1. The lowest BCUT2D eigenvalue weighted by molar-refractivity contribution is 0.139. The molecule has 0 saturated carbocycles. The van der Waals surface area contributed by atoms with Gasteiger partial charge in [-0.3, -0.25) is 4.90 Å². The summed E-state index contributed by atoms with van der Waals surface area (Å²) in [6.07, 6.45) is 0.827. The van der Waals surface area contributed by atoms with Crippen molar-refractivity contribution in [1.29, 1.82) is 0 Å². The fourth-order valence-electron chi connectivity index (χ4n) is 2.71. The number of nitrogens with zero attached hydrogens (tertiary/aromatic N) is 2. The molecule has 1 aromatic carbocycles. The van der Waals surface area contributed by atoms with Crippen molar-refractivity contribution in [3.63, 3.8) is 0 Å². The second-order valence-corrected chi connectivity index (χ2v) is 7.02. The van der Waals surface area contributed by atoms with Gasteiger partial charge in [-0.2, -0.15) is 0 Å². The second-order valence-electron chi connectivity index (χ2n) is 6.61. The summed E-state index contributed by atoms with van der Waals surface area (Å²) in [5.41, 5.74) is 8.39. The zero-order valence-corrected chi connectivity index (χ0v) is 13.7. The van der Waals surface area contributed by atoms with Gasteiger partial charge in [-0.25, -0.2) is 0 Å². The highest BCUT2D eigenvalue weighted by Gasteiger charge is 2.31. The molecule has 0 aromatic heterocycles. The SMILES string of the molecule is CC(N)Cc1ccc(N2CCN(C)C(C)(C)C2)cc1Cl. The average Bonchev–Trinajstić information content (AvgIpc) is 2.34. The van der Waals surface area contributed by atoms with Crippen LogP contribution in [0.15, 0.2) is 18.2 Å². The second kappa shape index (κ2) is 5.92. The van der Waals surface area contributed by atoms with Crippen molar-refractivity contribution in [2.75, 3.05) is 31.6 Å². The van der Waals surface area contributed by atoms with Gasteiger partial charge in [0.25, 0.3) is 0 Å². The Hall–Kier alpha value is -0.770. The molecule has 1 heterocycles. The predicted molar refractivity (Wildman–Crippen MR) is 87.7 cm³/mol. The molecule has 0 amide bonds. The minimum Gasteiger partial charge on any atom is -0.368 e. The molecule has 1 unspecified atom stereocenters. The normalized spacial score (nSPS) is 21.0. The smallest absolute Gasteiger partial charge is 0.0459 e. The number of likely N-dealkylation sites (N-methyl/N-ethyl adjacent to an activating group) is 1. The first-order chi connectivity index (χ1) is 9.29. The molecular weight excluding hydrogens is 270 g/mol. The van der Waals surface area contributed by atoms with E-state index in [1.807, 2.05) is 6.92 Å². The van der Waals surface area contributed by atoms with Crippen molar-refractivity contribution in [2.24, 2.45) is 5.73 Å². The van der Waals surface area contributed by atoms with E-state index in [2.05, 4.69) is 48.9 Å². The van der Waals surface area contributed by atoms with Gasteiger partial charge >= 0.3 is 0 Å². The van der Waals surface area contributed by atoms with Crippen LogP contribution in [0.3, 0.4) is 0 Å². The third-order valence-electron chi connectivity index (χ3n) is 4.26. The lowest BCUT2D eigenvalue weighted by Gasteiger charge is -2.46. The van der Waals surface area contributed by atoms with Crippen LogP contribution in [0.2, 0.25) is 5.02 Å². The maximum Gasteiger partial charge on any atom is 0.0459 e. The van der Waals surface area contributed by atoms with E-state index in [4.69, 9.17) is 17.3 Å². The van der Waals surface area contributed by atoms with Gasteiger partial charge in [0.15, 0.2) is 0 Å². The molecule has 2 N–H and O–H groups in total. The largest absolute Gasteiger partial charge is 0.368 e. The highest BCUT2D eigenvalue weighted by atomic mass is 35.5. The Morgan fingerprint density at radius 3 is 2.60 bits per heavy atom. The maximum absolute atomic E-state index is 6.40. The van der Waals surface area contributed by atoms with E-state index in [-0.39, 0.29) is 11.6 Å². The van der Waals surface area contributed by atoms with Crippen molar-refractivity contribution in [1.82, 2.24) is 4.90 Å². The van der Waals surface area contributed by atoms with E-state index in [9.17, 15) is 0 Å². The number of benzene rings is 1. The average molecular weight is 296 g/mol. The molecule has 0 radical (unpaired) electrons.